The summed E-state index contributed by atoms with van der Waals surface area (Å²) in [6.07, 6.45) is 1.56. The van der Waals surface area contributed by atoms with Gasteiger partial charge < -0.3 is 16.0 Å². The second-order valence-electron chi connectivity index (χ2n) is 10.9. The number of carbonyl (C=O) groups excluding carboxylic acids is 3. The summed E-state index contributed by atoms with van der Waals surface area (Å²) >= 11 is 8.79. The van der Waals surface area contributed by atoms with Gasteiger partial charge in [0.05, 0.1) is 5.69 Å². The molecule has 1 atom stereocenters. The van der Waals surface area contributed by atoms with E-state index in [2.05, 4.69) is 20.9 Å². The van der Waals surface area contributed by atoms with Crippen molar-refractivity contribution in [3.63, 3.8) is 0 Å². The lowest BCUT2D eigenvalue weighted by atomic mass is 10.1. The van der Waals surface area contributed by atoms with Crippen LogP contribution in [0.5, 0.6) is 0 Å². The zero-order valence-corrected chi connectivity index (χ0v) is 28.6. The van der Waals surface area contributed by atoms with E-state index in [0.717, 1.165) is 16.0 Å². The molecule has 0 aliphatic heterocycles. The van der Waals surface area contributed by atoms with E-state index in [1.54, 1.807) is 84.9 Å². The predicted octanol–water partition coefficient (Wildman–Crippen LogP) is 9.48. The van der Waals surface area contributed by atoms with E-state index in [-0.39, 0.29) is 17.4 Å². The fourth-order valence-corrected chi connectivity index (χ4v) is 6.76. The highest BCUT2D eigenvalue weighted by molar-refractivity contribution is 8.00. The fourth-order valence-electron chi connectivity index (χ4n) is 4.81. The number of hydrogen-bond donors (Lipinski definition) is 3. The van der Waals surface area contributed by atoms with Gasteiger partial charge in [0.15, 0.2) is 5.13 Å². The second-order valence-corrected chi connectivity index (χ2v) is 13.3. The van der Waals surface area contributed by atoms with E-state index in [0.29, 0.717) is 32.7 Å². The van der Waals surface area contributed by atoms with Crippen molar-refractivity contribution < 1.29 is 18.8 Å². The van der Waals surface area contributed by atoms with Crippen LogP contribution < -0.4 is 16.0 Å². The summed E-state index contributed by atoms with van der Waals surface area (Å²) in [5.41, 5.74) is 3.74. The highest BCUT2D eigenvalue weighted by Gasteiger charge is 2.24. The molecule has 0 fully saturated rings. The lowest BCUT2D eigenvalue weighted by Gasteiger charge is -2.17. The Kier molecular flexibility index (Phi) is 11.1. The maximum Gasteiger partial charge on any atom is 0.272 e. The SMILES string of the molecule is O=C(Nc1ccc(SC(C(=O)Nc2nc(-c3ccc(F)cc3)cs2)c2ccccc2)cc1)/C(=C/c1cccc(Cl)c1)NC(=O)c1ccccc1. The molecule has 0 saturated carbocycles. The third-order valence-electron chi connectivity index (χ3n) is 7.27. The van der Waals surface area contributed by atoms with Crippen molar-refractivity contribution in [2.75, 3.05) is 10.6 Å². The summed E-state index contributed by atoms with van der Waals surface area (Å²) in [5.74, 6) is -1.56. The lowest BCUT2D eigenvalue weighted by molar-refractivity contribution is -0.116. The van der Waals surface area contributed by atoms with Gasteiger partial charge in [-0.3, -0.25) is 14.4 Å². The third kappa shape index (κ3) is 9.12. The first kappa shape index (κ1) is 34.3. The summed E-state index contributed by atoms with van der Waals surface area (Å²) in [4.78, 5) is 45.4. The van der Waals surface area contributed by atoms with Gasteiger partial charge in [-0.15, -0.1) is 23.1 Å². The molecule has 0 bridgehead atoms. The standard InChI is InChI=1S/C39H28ClFN4O3S2/c40-29-13-7-8-25(22-29)23-33(43-36(46)28-11-5-2-6-12-28)37(47)42-31-18-20-32(21-19-31)50-35(27-9-3-1-4-10-27)38(48)45-39-44-34(24-49-39)26-14-16-30(41)17-15-26/h1-24,35H,(H,42,47)(H,43,46)(H,44,45,48)/b33-23-. The Balaban J connectivity index is 1.17. The highest BCUT2D eigenvalue weighted by Crippen LogP contribution is 2.37. The molecule has 3 amide bonds. The van der Waals surface area contributed by atoms with Crippen LogP contribution >= 0.6 is 34.7 Å². The van der Waals surface area contributed by atoms with E-state index in [1.165, 1.54) is 35.2 Å². The smallest absolute Gasteiger partial charge is 0.272 e. The third-order valence-corrected chi connectivity index (χ3v) is 9.53. The minimum atomic E-state index is -0.616. The molecule has 0 radical (unpaired) electrons. The molecule has 5 aromatic carbocycles. The number of nitrogens with one attached hydrogen (secondary N) is 3. The van der Waals surface area contributed by atoms with Crippen molar-refractivity contribution in [3.8, 4) is 11.3 Å². The minimum Gasteiger partial charge on any atom is -0.321 e. The number of halogens is 2. The fraction of sp³-hybridized carbons (Fsp3) is 0.0256. The number of thioether (sulfide) groups is 1. The zero-order chi connectivity index (χ0) is 34.9. The highest BCUT2D eigenvalue weighted by atomic mass is 35.5. The number of benzene rings is 5. The molecular formula is C39H28ClFN4O3S2. The lowest BCUT2D eigenvalue weighted by Crippen LogP contribution is -2.30. The Morgan fingerprint density at radius 3 is 2.20 bits per heavy atom. The van der Waals surface area contributed by atoms with Gasteiger partial charge >= 0.3 is 0 Å². The zero-order valence-electron chi connectivity index (χ0n) is 26.2. The molecule has 1 heterocycles. The Bertz CT molecular complexity index is 2140. The molecule has 1 aromatic heterocycles. The minimum absolute atomic E-state index is 0.0326. The topological polar surface area (TPSA) is 100 Å². The largest absolute Gasteiger partial charge is 0.321 e. The molecule has 1 unspecified atom stereocenters. The molecule has 0 saturated heterocycles. The van der Waals surface area contributed by atoms with Gasteiger partial charge in [-0.05, 0) is 90.0 Å². The van der Waals surface area contributed by atoms with E-state index in [9.17, 15) is 18.8 Å². The molecule has 248 valence electrons. The van der Waals surface area contributed by atoms with Gasteiger partial charge in [-0.2, -0.15) is 0 Å². The van der Waals surface area contributed by atoms with E-state index >= 15 is 0 Å². The quantitative estimate of drug-likeness (QED) is 0.0916. The summed E-state index contributed by atoms with van der Waals surface area (Å²) in [5, 5.41) is 10.6. The average molecular weight is 719 g/mol. The van der Waals surface area contributed by atoms with Crippen molar-refractivity contribution in [2.24, 2.45) is 0 Å². The van der Waals surface area contributed by atoms with Crippen molar-refractivity contribution in [3.05, 3.63) is 172 Å². The number of nitrogens with zero attached hydrogens (tertiary/aromatic N) is 1. The van der Waals surface area contributed by atoms with Gasteiger partial charge in [-0.1, -0.05) is 72.3 Å². The van der Waals surface area contributed by atoms with Crippen LogP contribution in [-0.2, 0) is 9.59 Å². The van der Waals surface area contributed by atoms with E-state index in [4.69, 9.17) is 11.6 Å². The van der Waals surface area contributed by atoms with Crippen LogP contribution in [0.2, 0.25) is 5.02 Å². The number of aromatic nitrogens is 1. The average Bonchev–Trinajstić information content (AvgIpc) is 3.60. The Morgan fingerprint density at radius 1 is 0.800 bits per heavy atom. The number of anilines is 2. The molecule has 6 aromatic rings. The van der Waals surface area contributed by atoms with Gasteiger partial charge in [0, 0.05) is 32.1 Å². The van der Waals surface area contributed by atoms with Crippen LogP contribution in [-0.4, -0.2) is 22.7 Å². The summed E-state index contributed by atoms with van der Waals surface area (Å²) < 4.78 is 13.4. The van der Waals surface area contributed by atoms with Crippen molar-refractivity contribution in [1.29, 1.82) is 0 Å². The predicted molar refractivity (Wildman–Crippen MR) is 200 cm³/mol. The number of hydrogen-bond acceptors (Lipinski definition) is 6. The normalized spacial score (nSPS) is 11.8. The van der Waals surface area contributed by atoms with Gasteiger partial charge in [0.1, 0.15) is 16.8 Å². The first-order valence-electron chi connectivity index (χ1n) is 15.3. The molecule has 50 heavy (non-hydrogen) atoms. The molecule has 3 N–H and O–H groups in total. The molecule has 7 nitrogen and oxygen atoms in total. The number of carbonyl (C=O) groups is 3. The number of amides is 3. The first-order chi connectivity index (χ1) is 24.3. The monoisotopic (exact) mass is 718 g/mol. The van der Waals surface area contributed by atoms with Crippen LogP contribution in [0.4, 0.5) is 15.2 Å². The van der Waals surface area contributed by atoms with Crippen molar-refractivity contribution in [1.82, 2.24) is 10.3 Å². The maximum absolute atomic E-state index is 13.6. The molecule has 0 spiro atoms. The Morgan fingerprint density at radius 2 is 1.50 bits per heavy atom. The van der Waals surface area contributed by atoms with Crippen molar-refractivity contribution >= 4 is 69.3 Å². The van der Waals surface area contributed by atoms with Crippen LogP contribution in [0.15, 0.2) is 149 Å². The second kappa shape index (κ2) is 16.2. The molecule has 0 aliphatic rings. The van der Waals surface area contributed by atoms with Crippen LogP contribution in [0, 0.1) is 5.82 Å². The Labute approximate surface area is 301 Å². The molecular weight excluding hydrogens is 691 g/mol. The van der Waals surface area contributed by atoms with Crippen molar-refractivity contribution in [2.45, 2.75) is 10.1 Å². The van der Waals surface area contributed by atoms with E-state index in [1.807, 2.05) is 47.8 Å². The first-order valence-corrected chi connectivity index (χ1v) is 17.4. The number of rotatable bonds is 11. The maximum atomic E-state index is 13.6. The molecule has 11 heteroatoms. The molecule has 6 rings (SSSR count). The van der Waals surface area contributed by atoms with Crippen LogP contribution in [0.25, 0.3) is 17.3 Å². The molecule has 0 aliphatic carbocycles. The van der Waals surface area contributed by atoms with Crippen LogP contribution in [0.3, 0.4) is 0 Å². The summed E-state index contributed by atoms with van der Waals surface area (Å²) in [6, 6.07) is 38.0. The van der Waals surface area contributed by atoms with Gasteiger partial charge in [-0.25, -0.2) is 9.37 Å². The number of thiazole rings is 1. The van der Waals surface area contributed by atoms with Crippen LogP contribution in [0.1, 0.15) is 26.7 Å². The summed E-state index contributed by atoms with van der Waals surface area (Å²) in [6.45, 7) is 0. The summed E-state index contributed by atoms with van der Waals surface area (Å²) in [7, 11) is 0. The van der Waals surface area contributed by atoms with Gasteiger partial charge in [0.25, 0.3) is 11.8 Å². The van der Waals surface area contributed by atoms with Gasteiger partial charge in [0.2, 0.25) is 5.91 Å². The Hall–Kier alpha value is -5.55. The van der Waals surface area contributed by atoms with E-state index < -0.39 is 17.1 Å².